The van der Waals surface area contributed by atoms with Crippen LogP contribution in [0, 0.1) is 12.8 Å². The molecular formula is C26H20BrN3O3. The minimum atomic E-state index is -0.889. The number of H-pyrrole nitrogens is 1. The molecule has 0 unspecified atom stereocenters. The van der Waals surface area contributed by atoms with Crippen LogP contribution in [0.3, 0.4) is 0 Å². The van der Waals surface area contributed by atoms with Crippen LogP contribution in [0.5, 0.6) is 0 Å². The number of benzene rings is 3. The molecule has 164 valence electrons. The van der Waals surface area contributed by atoms with Crippen LogP contribution in [-0.4, -0.2) is 22.9 Å². The van der Waals surface area contributed by atoms with Gasteiger partial charge in [-0.2, -0.15) is 0 Å². The maximum atomic E-state index is 13.8. The van der Waals surface area contributed by atoms with Crippen LogP contribution in [0.1, 0.15) is 17.3 Å². The first-order chi connectivity index (χ1) is 16.0. The molecule has 6 rings (SSSR count). The zero-order chi connectivity index (χ0) is 22.7. The number of rotatable bonds is 3. The number of aromatic amines is 1. The second-order valence-corrected chi connectivity index (χ2v) is 9.27. The number of halogens is 1. The van der Waals surface area contributed by atoms with Gasteiger partial charge in [0, 0.05) is 26.6 Å². The number of anilines is 2. The Labute approximate surface area is 198 Å². The van der Waals surface area contributed by atoms with Gasteiger partial charge in [0.2, 0.25) is 5.91 Å². The van der Waals surface area contributed by atoms with E-state index in [1.54, 1.807) is 17.2 Å². The van der Waals surface area contributed by atoms with Crippen molar-refractivity contribution in [2.75, 3.05) is 9.96 Å². The summed E-state index contributed by atoms with van der Waals surface area (Å²) in [5, 5.41) is 2.76. The number of carbonyl (C=O) groups is 2. The number of carbonyl (C=O) groups excluding carboxylic acids is 2. The molecule has 1 aromatic heterocycles. The maximum Gasteiger partial charge on any atom is 0.266 e. The Balaban J connectivity index is 1.51. The van der Waals surface area contributed by atoms with E-state index in [-0.39, 0.29) is 11.8 Å². The van der Waals surface area contributed by atoms with Crippen LogP contribution >= 0.6 is 15.9 Å². The van der Waals surface area contributed by atoms with E-state index < -0.39 is 18.1 Å². The van der Waals surface area contributed by atoms with Crippen molar-refractivity contribution < 1.29 is 14.4 Å². The summed E-state index contributed by atoms with van der Waals surface area (Å²) >= 11 is 3.41. The first kappa shape index (κ1) is 20.2. The molecule has 33 heavy (non-hydrogen) atoms. The van der Waals surface area contributed by atoms with E-state index in [9.17, 15) is 9.59 Å². The van der Waals surface area contributed by atoms with Crippen molar-refractivity contribution in [2.24, 2.45) is 5.92 Å². The summed E-state index contributed by atoms with van der Waals surface area (Å²) in [5.41, 5.74) is 4.27. The average Bonchev–Trinajstić information content (AvgIpc) is 3.44. The molecule has 2 aliphatic heterocycles. The van der Waals surface area contributed by atoms with Gasteiger partial charge >= 0.3 is 0 Å². The van der Waals surface area contributed by atoms with Crippen molar-refractivity contribution in [1.82, 2.24) is 4.98 Å². The lowest BCUT2D eigenvalue weighted by molar-refractivity contribution is -0.126. The molecule has 0 aliphatic carbocycles. The zero-order valence-corrected chi connectivity index (χ0v) is 19.3. The van der Waals surface area contributed by atoms with Gasteiger partial charge in [0.25, 0.3) is 5.91 Å². The van der Waals surface area contributed by atoms with Gasteiger partial charge < -0.3 is 4.98 Å². The topological polar surface area (TPSA) is 65.6 Å². The Bertz CT molecular complexity index is 1380. The molecule has 0 radical (unpaired) electrons. The predicted molar refractivity (Wildman–Crippen MR) is 130 cm³/mol. The van der Waals surface area contributed by atoms with E-state index in [2.05, 4.69) is 20.9 Å². The van der Waals surface area contributed by atoms with Gasteiger partial charge in [0.15, 0.2) is 6.10 Å². The van der Waals surface area contributed by atoms with Crippen LogP contribution in [0.2, 0.25) is 0 Å². The lowest BCUT2D eigenvalue weighted by atomic mass is 9.89. The molecule has 2 saturated heterocycles. The number of hydroxylamine groups is 1. The van der Waals surface area contributed by atoms with Gasteiger partial charge in [-0.1, -0.05) is 52.3 Å². The molecule has 2 aliphatic rings. The summed E-state index contributed by atoms with van der Waals surface area (Å²) < 4.78 is 0.879. The second-order valence-electron chi connectivity index (χ2n) is 8.36. The number of para-hydroxylation sites is 2. The van der Waals surface area contributed by atoms with Crippen molar-refractivity contribution in [2.45, 2.75) is 19.1 Å². The SMILES string of the molecule is Cc1[nH]c2ccccc2c1[C@@H]1[C@@H]2C(=O)N(c3ccc(Br)cc3)C(=O)[C@@H]2ON1c1ccccc1. The number of nitrogens with one attached hydrogen (secondary N) is 1. The normalized spacial score (nSPS) is 22.4. The Hall–Kier alpha value is -3.42. The molecule has 4 aromatic rings. The van der Waals surface area contributed by atoms with E-state index >= 15 is 0 Å². The second kappa shape index (κ2) is 7.57. The molecule has 0 bridgehead atoms. The summed E-state index contributed by atoms with van der Waals surface area (Å²) in [6, 6.07) is 24.4. The fraction of sp³-hybridized carbons (Fsp3) is 0.154. The number of aromatic nitrogens is 1. The van der Waals surface area contributed by atoms with E-state index in [1.165, 1.54) is 4.90 Å². The summed E-state index contributed by atoms with van der Waals surface area (Å²) in [6.45, 7) is 2.00. The molecule has 2 fully saturated rings. The van der Waals surface area contributed by atoms with Crippen molar-refractivity contribution in [3.05, 3.63) is 94.6 Å². The lowest BCUT2D eigenvalue weighted by Crippen LogP contribution is -2.37. The lowest BCUT2D eigenvalue weighted by Gasteiger charge is -2.29. The molecule has 0 spiro atoms. The largest absolute Gasteiger partial charge is 0.358 e. The highest BCUT2D eigenvalue weighted by molar-refractivity contribution is 9.10. The number of amides is 2. The number of aryl methyl sites for hydroxylation is 1. The average molecular weight is 502 g/mol. The number of hydrogen-bond acceptors (Lipinski definition) is 4. The Kier molecular flexibility index (Phi) is 4.64. The van der Waals surface area contributed by atoms with Crippen LogP contribution in [0.4, 0.5) is 11.4 Å². The number of imide groups is 1. The molecule has 6 nitrogen and oxygen atoms in total. The van der Waals surface area contributed by atoms with Gasteiger partial charge in [-0.3, -0.25) is 14.4 Å². The Morgan fingerprint density at radius 1 is 0.848 bits per heavy atom. The number of hydrogen-bond donors (Lipinski definition) is 1. The molecule has 3 aromatic carbocycles. The Morgan fingerprint density at radius 2 is 1.55 bits per heavy atom. The third-order valence-electron chi connectivity index (χ3n) is 6.45. The quantitative estimate of drug-likeness (QED) is 0.387. The van der Waals surface area contributed by atoms with Crippen LogP contribution in [-0.2, 0) is 14.4 Å². The van der Waals surface area contributed by atoms with Gasteiger partial charge in [-0.05, 0) is 49.4 Å². The Morgan fingerprint density at radius 3 is 2.30 bits per heavy atom. The van der Waals surface area contributed by atoms with Crippen molar-refractivity contribution in [3.63, 3.8) is 0 Å². The molecular weight excluding hydrogens is 482 g/mol. The van der Waals surface area contributed by atoms with E-state index in [1.807, 2.05) is 73.7 Å². The zero-order valence-electron chi connectivity index (χ0n) is 17.7. The molecule has 0 saturated carbocycles. The summed E-state index contributed by atoms with van der Waals surface area (Å²) in [4.78, 5) is 38.2. The fourth-order valence-electron chi connectivity index (χ4n) is 5.03. The third-order valence-corrected chi connectivity index (χ3v) is 6.98. The predicted octanol–water partition coefficient (Wildman–Crippen LogP) is 5.29. The van der Waals surface area contributed by atoms with E-state index in [4.69, 9.17) is 4.84 Å². The molecule has 3 heterocycles. The van der Waals surface area contributed by atoms with E-state index in [0.29, 0.717) is 5.69 Å². The summed E-state index contributed by atoms with van der Waals surface area (Å²) in [7, 11) is 0. The minimum Gasteiger partial charge on any atom is -0.358 e. The standard InChI is InChI=1S/C26H20BrN3O3/c1-15-21(19-9-5-6-10-20(19)28-15)23-22-24(33-30(23)18-7-3-2-4-8-18)26(32)29(25(22)31)17-13-11-16(27)12-14-17/h2-14,22-24,28H,1H3/t22-,23+,24+/m0/s1. The van der Waals surface area contributed by atoms with Crippen LogP contribution in [0.25, 0.3) is 10.9 Å². The van der Waals surface area contributed by atoms with E-state index in [0.717, 1.165) is 32.3 Å². The maximum absolute atomic E-state index is 13.8. The van der Waals surface area contributed by atoms with Crippen molar-refractivity contribution in [3.8, 4) is 0 Å². The molecule has 7 heteroatoms. The number of nitrogens with zero attached hydrogens (tertiary/aromatic N) is 2. The molecule has 3 atom stereocenters. The van der Waals surface area contributed by atoms with Gasteiger partial charge in [0.1, 0.15) is 5.92 Å². The summed E-state index contributed by atoms with van der Waals surface area (Å²) in [6.07, 6.45) is -0.889. The smallest absolute Gasteiger partial charge is 0.266 e. The van der Waals surface area contributed by atoms with Crippen LogP contribution < -0.4 is 9.96 Å². The van der Waals surface area contributed by atoms with Crippen LogP contribution in [0.15, 0.2) is 83.3 Å². The van der Waals surface area contributed by atoms with Gasteiger partial charge in [-0.25, -0.2) is 9.96 Å². The van der Waals surface area contributed by atoms with Gasteiger partial charge in [0.05, 0.1) is 17.4 Å². The summed E-state index contributed by atoms with van der Waals surface area (Å²) in [5.74, 6) is -1.26. The molecule has 2 amide bonds. The monoisotopic (exact) mass is 501 g/mol. The van der Waals surface area contributed by atoms with Crippen molar-refractivity contribution >= 4 is 50.0 Å². The number of fused-ring (bicyclic) bond motifs is 2. The first-order valence-electron chi connectivity index (χ1n) is 10.8. The van der Waals surface area contributed by atoms with Gasteiger partial charge in [-0.15, -0.1) is 0 Å². The third kappa shape index (κ3) is 3.03. The highest BCUT2D eigenvalue weighted by atomic mass is 79.9. The minimum absolute atomic E-state index is 0.250. The highest BCUT2D eigenvalue weighted by Gasteiger charge is 2.60. The van der Waals surface area contributed by atoms with Crippen molar-refractivity contribution in [1.29, 1.82) is 0 Å². The fourth-order valence-corrected chi connectivity index (χ4v) is 5.29. The first-order valence-corrected chi connectivity index (χ1v) is 11.6. The molecule has 1 N–H and O–H groups in total. The highest BCUT2D eigenvalue weighted by Crippen LogP contribution is 2.49.